The quantitative estimate of drug-likeness (QED) is 0.243. The van der Waals surface area contributed by atoms with Crippen molar-refractivity contribution in [3.63, 3.8) is 0 Å². The summed E-state index contributed by atoms with van der Waals surface area (Å²) in [7, 11) is 0. The van der Waals surface area contributed by atoms with E-state index in [1.165, 1.54) is 27.8 Å². The second-order valence-electron chi connectivity index (χ2n) is 10.9. The van der Waals surface area contributed by atoms with Gasteiger partial charge in [0.1, 0.15) is 0 Å². The topological polar surface area (TPSA) is 12.0 Å². The summed E-state index contributed by atoms with van der Waals surface area (Å²) >= 11 is 0. The van der Waals surface area contributed by atoms with Crippen molar-refractivity contribution >= 4 is 5.57 Å². The van der Waals surface area contributed by atoms with Crippen molar-refractivity contribution < 1.29 is 0 Å². The molecule has 0 amide bonds. The van der Waals surface area contributed by atoms with E-state index in [1.54, 1.807) is 0 Å². The molecule has 0 saturated carbocycles. The molecular formula is C35H51N. The number of nitrogens with one attached hydrogen (secondary N) is 1. The molecule has 36 heavy (non-hydrogen) atoms. The zero-order valence-corrected chi connectivity index (χ0v) is 24.6. The van der Waals surface area contributed by atoms with E-state index in [2.05, 4.69) is 117 Å². The predicted octanol–water partition coefficient (Wildman–Crippen LogP) is 10.5. The van der Waals surface area contributed by atoms with E-state index < -0.39 is 0 Å². The minimum absolute atomic E-state index is 0.269. The molecule has 0 aliphatic carbocycles. The molecule has 0 saturated heterocycles. The highest BCUT2D eigenvalue weighted by atomic mass is 14.9. The van der Waals surface area contributed by atoms with Gasteiger partial charge in [-0.2, -0.15) is 0 Å². The summed E-state index contributed by atoms with van der Waals surface area (Å²) in [5, 5.41) is 3.44. The Morgan fingerprint density at radius 3 is 2.00 bits per heavy atom. The molecule has 1 aromatic carbocycles. The summed E-state index contributed by atoms with van der Waals surface area (Å²) in [5.41, 5.74) is 11.0. The Kier molecular flexibility index (Phi) is 15.2. The molecule has 0 unspecified atom stereocenters. The van der Waals surface area contributed by atoms with Gasteiger partial charge in [-0.25, -0.2) is 0 Å². The second-order valence-corrected chi connectivity index (χ2v) is 10.9. The Hall–Kier alpha value is -3.06. The van der Waals surface area contributed by atoms with Gasteiger partial charge >= 0.3 is 0 Å². The van der Waals surface area contributed by atoms with Gasteiger partial charge in [0.2, 0.25) is 0 Å². The molecule has 0 atom stereocenters. The van der Waals surface area contributed by atoms with Gasteiger partial charge in [-0.05, 0) is 87.7 Å². The highest BCUT2D eigenvalue weighted by molar-refractivity contribution is 5.65. The van der Waals surface area contributed by atoms with Crippen LogP contribution in [0.3, 0.4) is 0 Å². The van der Waals surface area contributed by atoms with E-state index in [-0.39, 0.29) is 5.41 Å². The first kappa shape index (κ1) is 32.9. The van der Waals surface area contributed by atoms with Crippen molar-refractivity contribution in [1.82, 2.24) is 5.32 Å². The molecule has 1 aromatic rings. The van der Waals surface area contributed by atoms with E-state index in [0.717, 1.165) is 41.8 Å². The third-order valence-corrected chi connectivity index (χ3v) is 5.64. The maximum atomic E-state index is 4.25. The van der Waals surface area contributed by atoms with Crippen LogP contribution < -0.4 is 5.32 Å². The Morgan fingerprint density at radius 2 is 1.56 bits per heavy atom. The molecule has 0 heterocycles. The van der Waals surface area contributed by atoms with Crippen LogP contribution in [0.25, 0.3) is 5.57 Å². The average Bonchev–Trinajstić information content (AvgIpc) is 2.78. The second kappa shape index (κ2) is 16.6. The molecule has 0 aromatic heterocycles. The number of aryl methyl sites for hydroxylation is 1. The number of allylic oxidation sites excluding steroid dienone is 8. The predicted molar refractivity (Wildman–Crippen MR) is 166 cm³/mol. The molecule has 0 aliphatic heterocycles. The van der Waals surface area contributed by atoms with E-state index in [0.29, 0.717) is 0 Å². The third-order valence-electron chi connectivity index (χ3n) is 5.64. The average molecular weight is 486 g/mol. The summed E-state index contributed by atoms with van der Waals surface area (Å²) < 4.78 is 0. The fourth-order valence-electron chi connectivity index (χ4n) is 3.16. The number of benzene rings is 1. The van der Waals surface area contributed by atoms with E-state index >= 15 is 0 Å². The lowest BCUT2D eigenvalue weighted by Gasteiger charge is -2.20. The van der Waals surface area contributed by atoms with Crippen LogP contribution >= 0.6 is 0 Å². The Balaban J connectivity index is 0.000000790. The SMILES string of the molecule is C=C(C)CC(=C)c1ccc(C)cc1.C=C/C(=C\C=C/C)CNC(=C)/C(=C/CC(C)(C)C)C(C)=C(C)C. The minimum atomic E-state index is 0.269. The van der Waals surface area contributed by atoms with E-state index in [1.807, 2.05) is 32.1 Å². The lowest BCUT2D eigenvalue weighted by molar-refractivity contribution is 0.420. The van der Waals surface area contributed by atoms with Crippen LogP contribution in [-0.2, 0) is 0 Å². The summed E-state index contributed by atoms with van der Waals surface area (Å²) in [4.78, 5) is 0. The van der Waals surface area contributed by atoms with E-state index in [9.17, 15) is 0 Å². The van der Waals surface area contributed by atoms with Gasteiger partial charge < -0.3 is 5.32 Å². The third kappa shape index (κ3) is 14.4. The fourth-order valence-corrected chi connectivity index (χ4v) is 3.16. The fraction of sp³-hybridized carbons (Fsp3) is 0.371. The molecular weight excluding hydrogens is 434 g/mol. The Bertz CT molecular complexity index is 1010. The summed E-state index contributed by atoms with van der Waals surface area (Å²) in [6.45, 7) is 36.1. The molecule has 196 valence electrons. The molecule has 0 aliphatic rings. The van der Waals surface area contributed by atoms with Crippen molar-refractivity contribution in [2.24, 2.45) is 5.41 Å². The van der Waals surface area contributed by atoms with Crippen LogP contribution in [0.5, 0.6) is 0 Å². The number of rotatable bonds is 11. The molecule has 0 radical (unpaired) electrons. The summed E-state index contributed by atoms with van der Waals surface area (Å²) in [6, 6.07) is 8.44. The number of hydrogen-bond acceptors (Lipinski definition) is 1. The van der Waals surface area contributed by atoms with Crippen LogP contribution in [0.1, 0.15) is 79.4 Å². The molecule has 0 spiro atoms. The van der Waals surface area contributed by atoms with Gasteiger partial charge in [-0.1, -0.05) is 118 Å². The molecule has 1 rings (SSSR count). The lowest BCUT2D eigenvalue weighted by atomic mass is 9.89. The zero-order valence-electron chi connectivity index (χ0n) is 24.6. The van der Waals surface area contributed by atoms with Crippen LogP contribution in [0.15, 0.2) is 115 Å². The standard InChI is InChI=1S/C22H35N.C13H16/c1-10-12-13-20(11-2)16-23-19(6)21(18(5)17(3)4)14-15-22(7,8)9;1-10(2)9-12(4)13-7-5-11(3)6-8-13/h10-14,23H,2,6,15-16H2,1,3-5,7-9H3;5-8H,1,4,9H2,2-3H3/b12-10-,20-13+,21-14+;. The first-order valence-electron chi connectivity index (χ1n) is 12.8. The highest BCUT2D eigenvalue weighted by Gasteiger charge is 2.12. The van der Waals surface area contributed by atoms with Crippen molar-refractivity contribution in [2.75, 3.05) is 6.54 Å². The maximum absolute atomic E-state index is 4.25. The van der Waals surface area contributed by atoms with Crippen LogP contribution in [0, 0.1) is 12.3 Å². The monoisotopic (exact) mass is 485 g/mol. The van der Waals surface area contributed by atoms with Crippen molar-refractivity contribution in [3.8, 4) is 0 Å². The maximum Gasteiger partial charge on any atom is 0.0400 e. The largest absolute Gasteiger partial charge is 0.381 e. The molecule has 1 nitrogen and oxygen atoms in total. The van der Waals surface area contributed by atoms with Crippen LogP contribution in [0.2, 0.25) is 0 Å². The highest BCUT2D eigenvalue weighted by Crippen LogP contribution is 2.26. The van der Waals surface area contributed by atoms with Crippen molar-refractivity contribution in [2.45, 2.75) is 75.2 Å². The first-order chi connectivity index (χ1) is 16.7. The Morgan fingerprint density at radius 1 is 0.972 bits per heavy atom. The molecule has 1 N–H and O–H groups in total. The Labute approximate surface area is 223 Å². The van der Waals surface area contributed by atoms with Gasteiger partial charge in [0.05, 0.1) is 0 Å². The van der Waals surface area contributed by atoms with Gasteiger partial charge in [0.15, 0.2) is 0 Å². The summed E-state index contributed by atoms with van der Waals surface area (Å²) in [6.07, 6.45) is 12.2. The van der Waals surface area contributed by atoms with Crippen molar-refractivity contribution in [3.05, 3.63) is 126 Å². The minimum Gasteiger partial charge on any atom is -0.381 e. The van der Waals surface area contributed by atoms with Gasteiger partial charge in [-0.3, -0.25) is 0 Å². The normalized spacial score (nSPS) is 11.9. The smallest absolute Gasteiger partial charge is 0.0400 e. The molecule has 0 bridgehead atoms. The van der Waals surface area contributed by atoms with Crippen molar-refractivity contribution in [1.29, 1.82) is 0 Å². The number of hydrogen-bond donors (Lipinski definition) is 1. The first-order valence-corrected chi connectivity index (χ1v) is 12.8. The van der Waals surface area contributed by atoms with Gasteiger partial charge in [-0.15, -0.1) is 0 Å². The van der Waals surface area contributed by atoms with Crippen LogP contribution in [0.4, 0.5) is 0 Å². The molecule has 0 fully saturated rings. The lowest BCUT2D eigenvalue weighted by Crippen LogP contribution is -2.18. The molecule has 1 heteroatoms. The summed E-state index contributed by atoms with van der Waals surface area (Å²) in [5.74, 6) is 0. The van der Waals surface area contributed by atoms with Crippen LogP contribution in [-0.4, -0.2) is 6.54 Å². The zero-order chi connectivity index (χ0) is 27.9. The van der Waals surface area contributed by atoms with Gasteiger partial charge in [0.25, 0.3) is 0 Å². The van der Waals surface area contributed by atoms with E-state index in [4.69, 9.17) is 0 Å². The van der Waals surface area contributed by atoms with Gasteiger partial charge in [0, 0.05) is 12.2 Å².